The Kier molecular flexibility index (Phi) is 4.89. The molecule has 0 aromatic rings. The fourth-order valence-corrected chi connectivity index (χ4v) is 6.92. The molecule has 0 bridgehead atoms. The zero-order chi connectivity index (χ0) is 20.1. The largest absolute Gasteiger partial charge is 0.498 e. The van der Waals surface area contributed by atoms with Crippen LogP contribution in [-0.2, 0) is 4.74 Å². The molecule has 0 aromatic heterocycles. The molecule has 0 aromatic carbocycles. The van der Waals surface area contributed by atoms with E-state index in [0.717, 1.165) is 43.5 Å². The third-order valence-corrected chi connectivity index (χ3v) is 8.66. The van der Waals surface area contributed by atoms with Gasteiger partial charge in [0.15, 0.2) is 0 Å². The molecule has 154 valence electrons. The van der Waals surface area contributed by atoms with Gasteiger partial charge in [0.05, 0.1) is 12.4 Å². The van der Waals surface area contributed by atoms with Crippen molar-refractivity contribution < 1.29 is 4.74 Å². The summed E-state index contributed by atoms with van der Waals surface area (Å²) in [7, 11) is 0. The Balaban J connectivity index is 1.80. The van der Waals surface area contributed by atoms with E-state index in [-0.39, 0.29) is 5.41 Å². The Morgan fingerprint density at radius 2 is 2.04 bits per heavy atom. The third-order valence-electron chi connectivity index (χ3n) is 8.66. The van der Waals surface area contributed by atoms with Crippen molar-refractivity contribution in [1.82, 2.24) is 5.01 Å². The van der Waals surface area contributed by atoms with Crippen LogP contribution in [0.1, 0.15) is 66.2 Å². The number of hydrazine groups is 1. The molecule has 0 spiro atoms. The molecule has 4 nitrogen and oxygen atoms in total. The zero-order valence-corrected chi connectivity index (χ0v) is 18.0. The SMILES string of the molecule is CCOC1=CC2=C(N(N)/C=C\N)CC3C4CC=C(C)C4(C)CCC3C2(C)CC1. The van der Waals surface area contributed by atoms with Crippen molar-refractivity contribution in [2.45, 2.75) is 66.2 Å². The van der Waals surface area contributed by atoms with Crippen LogP contribution in [0.5, 0.6) is 0 Å². The van der Waals surface area contributed by atoms with Crippen molar-refractivity contribution in [1.29, 1.82) is 0 Å². The molecule has 0 amide bonds. The summed E-state index contributed by atoms with van der Waals surface area (Å²) in [5, 5.41) is 1.77. The molecule has 4 rings (SSSR count). The molecule has 0 radical (unpaired) electrons. The molecule has 5 atom stereocenters. The Labute approximate surface area is 170 Å². The van der Waals surface area contributed by atoms with Gasteiger partial charge >= 0.3 is 0 Å². The number of nitrogens with two attached hydrogens (primary N) is 2. The van der Waals surface area contributed by atoms with E-state index in [9.17, 15) is 0 Å². The van der Waals surface area contributed by atoms with E-state index in [0.29, 0.717) is 11.3 Å². The molecular formula is C24H37N3O. The minimum atomic E-state index is 0.163. The number of rotatable bonds is 4. The van der Waals surface area contributed by atoms with E-state index in [1.165, 1.54) is 30.5 Å². The van der Waals surface area contributed by atoms with Crippen LogP contribution in [0.25, 0.3) is 0 Å². The Morgan fingerprint density at radius 1 is 1.25 bits per heavy atom. The average molecular weight is 384 g/mol. The first kappa shape index (κ1) is 19.6. The van der Waals surface area contributed by atoms with Gasteiger partial charge in [0.2, 0.25) is 0 Å². The lowest BCUT2D eigenvalue weighted by molar-refractivity contribution is -0.0197. The normalized spacial score (nSPS) is 39.8. The fourth-order valence-electron chi connectivity index (χ4n) is 6.92. The van der Waals surface area contributed by atoms with Crippen molar-refractivity contribution >= 4 is 0 Å². The number of hydrogen-bond acceptors (Lipinski definition) is 4. The smallest absolute Gasteiger partial charge is 0.0963 e. The van der Waals surface area contributed by atoms with E-state index in [4.69, 9.17) is 16.3 Å². The molecule has 4 aliphatic carbocycles. The Bertz CT molecular complexity index is 764. The van der Waals surface area contributed by atoms with Crippen LogP contribution in [0.3, 0.4) is 0 Å². The maximum Gasteiger partial charge on any atom is 0.0963 e. The summed E-state index contributed by atoms with van der Waals surface area (Å²) in [4.78, 5) is 0. The van der Waals surface area contributed by atoms with Gasteiger partial charge in [0.1, 0.15) is 0 Å². The van der Waals surface area contributed by atoms with Crippen LogP contribution >= 0.6 is 0 Å². The van der Waals surface area contributed by atoms with Gasteiger partial charge in [-0.05, 0) is 86.2 Å². The van der Waals surface area contributed by atoms with Crippen LogP contribution in [0.15, 0.2) is 47.2 Å². The maximum absolute atomic E-state index is 6.49. The second kappa shape index (κ2) is 6.98. The highest BCUT2D eigenvalue weighted by Gasteiger charge is 2.57. The van der Waals surface area contributed by atoms with Crippen molar-refractivity contribution in [2.75, 3.05) is 6.61 Å². The van der Waals surface area contributed by atoms with Crippen molar-refractivity contribution in [3.63, 3.8) is 0 Å². The standard InChI is InChI=1S/C24H37N3O/c1-5-28-17-8-10-24(4)20-9-11-23(3)16(2)6-7-19(23)18(20)15-22(21(24)14-17)27(26)13-12-25/h6,12-14,18-20H,5,7-11,15,25-26H2,1-4H3/b13-12-. The highest BCUT2D eigenvalue weighted by molar-refractivity contribution is 5.41. The van der Waals surface area contributed by atoms with Gasteiger partial charge < -0.3 is 10.5 Å². The van der Waals surface area contributed by atoms with Crippen molar-refractivity contribution in [3.05, 3.63) is 47.2 Å². The van der Waals surface area contributed by atoms with Gasteiger partial charge in [-0.2, -0.15) is 0 Å². The topological polar surface area (TPSA) is 64.5 Å². The maximum atomic E-state index is 6.49. The van der Waals surface area contributed by atoms with Crippen LogP contribution < -0.4 is 11.6 Å². The quantitative estimate of drug-likeness (QED) is 0.409. The average Bonchev–Trinajstić information content (AvgIpc) is 2.97. The van der Waals surface area contributed by atoms with Crippen LogP contribution in [0.2, 0.25) is 0 Å². The van der Waals surface area contributed by atoms with Gasteiger partial charge in [0, 0.05) is 24.5 Å². The van der Waals surface area contributed by atoms with Crippen molar-refractivity contribution in [3.8, 4) is 0 Å². The number of allylic oxidation sites excluding steroid dienone is 6. The number of ether oxygens (including phenoxy) is 1. The predicted octanol–water partition coefficient (Wildman–Crippen LogP) is 4.97. The Morgan fingerprint density at radius 3 is 2.75 bits per heavy atom. The molecule has 1 fully saturated rings. The first-order valence-corrected chi connectivity index (χ1v) is 11.0. The second-order valence-electron chi connectivity index (χ2n) is 9.73. The number of fused-ring (bicyclic) bond motifs is 5. The van der Waals surface area contributed by atoms with Crippen LogP contribution in [0, 0.1) is 28.6 Å². The van der Waals surface area contributed by atoms with Gasteiger partial charge in [-0.15, -0.1) is 0 Å². The highest BCUT2D eigenvalue weighted by atomic mass is 16.5. The summed E-state index contributed by atoms with van der Waals surface area (Å²) >= 11 is 0. The molecular weight excluding hydrogens is 346 g/mol. The lowest BCUT2D eigenvalue weighted by Crippen LogP contribution is -2.51. The fraction of sp³-hybridized carbons (Fsp3) is 0.667. The number of nitrogens with zero attached hydrogens (tertiary/aromatic N) is 1. The zero-order valence-electron chi connectivity index (χ0n) is 18.0. The minimum absolute atomic E-state index is 0.163. The van der Waals surface area contributed by atoms with E-state index < -0.39 is 0 Å². The predicted molar refractivity (Wildman–Crippen MR) is 114 cm³/mol. The van der Waals surface area contributed by atoms with Gasteiger partial charge in [-0.1, -0.05) is 25.5 Å². The van der Waals surface area contributed by atoms with E-state index >= 15 is 0 Å². The third kappa shape index (κ3) is 2.75. The molecule has 28 heavy (non-hydrogen) atoms. The molecule has 4 heteroatoms. The highest BCUT2D eigenvalue weighted by Crippen LogP contribution is 2.65. The Hall–Kier alpha value is -1.68. The first-order chi connectivity index (χ1) is 13.3. The van der Waals surface area contributed by atoms with E-state index in [1.807, 2.05) is 0 Å². The van der Waals surface area contributed by atoms with Gasteiger partial charge in [-0.25, -0.2) is 5.84 Å². The molecule has 4 N–H and O–H groups in total. The summed E-state index contributed by atoms with van der Waals surface area (Å²) in [5.74, 6) is 9.72. The summed E-state index contributed by atoms with van der Waals surface area (Å²) in [6, 6.07) is 0. The molecule has 1 saturated carbocycles. The summed E-state index contributed by atoms with van der Waals surface area (Å²) < 4.78 is 5.92. The number of hydrogen-bond donors (Lipinski definition) is 2. The van der Waals surface area contributed by atoms with Crippen LogP contribution in [0.4, 0.5) is 0 Å². The molecule has 5 unspecified atom stereocenters. The minimum Gasteiger partial charge on any atom is -0.498 e. The first-order valence-electron chi connectivity index (χ1n) is 11.0. The van der Waals surface area contributed by atoms with Crippen molar-refractivity contribution in [2.24, 2.45) is 40.2 Å². The summed E-state index contributed by atoms with van der Waals surface area (Å²) in [5.41, 5.74) is 10.4. The van der Waals surface area contributed by atoms with Crippen LogP contribution in [-0.4, -0.2) is 11.6 Å². The molecule has 0 heterocycles. The summed E-state index contributed by atoms with van der Waals surface area (Å²) in [6.45, 7) is 10.1. The van der Waals surface area contributed by atoms with Gasteiger partial charge in [-0.3, -0.25) is 5.01 Å². The lowest BCUT2D eigenvalue weighted by Gasteiger charge is -2.58. The second-order valence-corrected chi connectivity index (χ2v) is 9.73. The monoisotopic (exact) mass is 383 g/mol. The molecule has 4 aliphatic rings. The van der Waals surface area contributed by atoms with Gasteiger partial charge in [0.25, 0.3) is 0 Å². The lowest BCUT2D eigenvalue weighted by atomic mass is 9.47. The van der Waals surface area contributed by atoms with E-state index in [1.54, 1.807) is 23.0 Å². The summed E-state index contributed by atoms with van der Waals surface area (Å²) in [6.07, 6.45) is 15.2. The molecule has 0 aliphatic heterocycles. The molecule has 0 saturated heterocycles. The van der Waals surface area contributed by atoms with E-state index in [2.05, 4.69) is 39.8 Å².